The smallest absolute Gasteiger partial charge is 0.251 e. The highest BCUT2D eigenvalue weighted by Gasteiger charge is 2.36. The van der Waals surface area contributed by atoms with E-state index in [1.165, 1.54) is 12.1 Å². The largest absolute Gasteiger partial charge is 0.382 e. The Labute approximate surface area is 135 Å². The van der Waals surface area contributed by atoms with Crippen molar-refractivity contribution in [3.05, 3.63) is 29.8 Å². The third-order valence-electron chi connectivity index (χ3n) is 3.38. The van der Waals surface area contributed by atoms with Gasteiger partial charge in [0.25, 0.3) is 5.91 Å². The number of nitrogens with zero attached hydrogens (tertiary/aromatic N) is 1. The summed E-state index contributed by atoms with van der Waals surface area (Å²) >= 11 is 0. The molecule has 0 radical (unpaired) electrons. The molecule has 1 saturated heterocycles. The van der Waals surface area contributed by atoms with Gasteiger partial charge in [-0.3, -0.25) is 9.59 Å². The van der Waals surface area contributed by atoms with Gasteiger partial charge in [0, 0.05) is 31.7 Å². The molecule has 0 aliphatic carbocycles. The van der Waals surface area contributed by atoms with Gasteiger partial charge >= 0.3 is 0 Å². The molecule has 126 valence electrons. The van der Waals surface area contributed by atoms with Crippen LogP contribution in [-0.2, 0) is 19.6 Å². The molecule has 1 fully saturated rings. The number of amides is 2. The standard InChI is InChI=1S/C15H20N2O5S/c1-2-22-9-4-8-16-15(19)12-5-3-6-13(11-12)17-14(18)7-10-23(17,20)21/h3,5-6,11H,2,4,7-10H2,1H3,(H,16,19). The molecule has 1 aliphatic rings. The Morgan fingerprint density at radius 1 is 1.39 bits per heavy atom. The molecule has 1 N–H and O–H groups in total. The summed E-state index contributed by atoms with van der Waals surface area (Å²) in [6, 6.07) is 6.06. The summed E-state index contributed by atoms with van der Waals surface area (Å²) < 4.78 is 29.8. The Morgan fingerprint density at radius 3 is 2.83 bits per heavy atom. The minimum Gasteiger partial charge on any atom is -0.382 e. The van der Waals surface area contributed by atoms with Crippen molar-refractivity contribution in [1.82, 2.24) is 5.32 Å². The fraction of sp³-hybridized carbons (Fsp3) is 0.467. The highest BCUT2D eigenvalue weighted by molar-refractivity contribution is 7.94. The van der Waals surface area contributed by atoms with Crippen molar-refractivity contribution in [3.8, 4) is 0 Å². The van der Waals surface area contributed by atoms with E-state index in [1.807, 2.05) is 6.92 Å². The Bertz CT molecular complexity index is 687. The van der Waals surface area contributed by atoms with E-state index in [-0.39, 0.29) is 23.8 Å². The Kier molecular flexibility index (Phi) is 5.73. The van der Waals surface area contributed by atoms with E-state index in [0.717, 1.165) is 4.31 Å². The molecule has 0 saturated carbocycles. The molecule has 1 aromatic carbocycles. The Hall–Kier alpha value is -1.93. The van der Waals surface area contributed by atoms with Gasteiger partial charge in [0.05, 0.1) is 11.4 Å². The number of nitrogens with one attached hydrogen (secondary N) is 1. The minimum absolute atomic E-state index is 0.0316. The number of ether oxygens (including phenoxy) is 1. The fourth-order valence-corrected chi connectivity index (χ4v) is 3.72. The second-order valence-corrected chi connectivity index (χ2v) is 7.02. The molecule has 1 aliphatic heterocycles. The van der Waals surface area contributed by atoms with Crippen LogP contribution in [0, 0.1) is 0 Å². The highest BCUT2D eigenvalue weighted by Crippen LogP contribution is 2.25. The number of carbonyl (C=O) groups excluding carboxylic acids is 2. The molecule has 0 aromatic heterocycles. The Morgan fingerprint density at radius 2 is 2.17 bits per heavy atom. The third kappa shape index (κ3) is 4.29. The minimum atomic E-state index is -3.62. The first-order chi connectivity index (χ1) is 11.0. The van der Waals surface area contributed by atoms with E-state index in [0.29, 0.717) is 31.7 Å². The maximum Gasteiger partial charge on any atom is 0.251 e. The van der Waals surface area contributed by atoms with Crippen molar-refractivity contribution in [2.45, 2.75) is 19.8 Å². The zero-order valence-corrected chi connectivity index (χ0v) is 13.8. The zero-order chi connectivity index (χ0) is 16.9. The normalized spacial score (nSPS) is 16.6. The average Bonchev–Trinajstić information content (AvgIpc) is 2.80. The maximum absolute atomic E-state index is 12.1. The number of hydrogen-bond acceptors (Lipinski definition) is 5. The zero-order valence-electron chi connectivity index (χ0n) is 12.9. The van der Waals surface area contributed by atoms with E-state index < -0.39 is 15.9 Å². The van der Waals surface area contributed by atoms with Crippen molar-refractivity contribution in [3.63, 3.8) is 0 Å². The lowest BCUT2D eigenvalue weighted by atomic mass is 10.2. The molecular formula is C15H20N2O5S. The first kappa shape index (κ1) is 17.4. The summed E-state index contributed by atoms with van der Waals surface area (Å²) in [6.45, 7) is 3.56. The van der Waals surface area contributed by atoms with Gasteiger partial charge in [0.2, 0.25) is 15.9 Å². The second kappa shape index (κ2) is 7.56. The molecule has 1 aromatic rings. The molecule has 8 heteroatoms. The van der Waals surface area contributed by atoms with E-state index in [2.05, 4.69) is 5.32 Å². The van der Waals surface area contributed by atoms with Crippen LogP contribution in [0.5, 0.6) is 0 Å². The predicted octanol–water partition coefficient (Wildman–Crippen LogP) is 0.910. The van der Waals surface area contributed by atoms with Crippen LogP contribution in [0.4, 0.5) is 5.69 Å². The van der Waals surface area contributed by atoms with Gasteiger partial charge < -0.3 is 10.1 Å². The summed E-state index contributed by atoms with van der Waals surface area (Å²) in [6.07, 6.45) is 0.661. The van der Waals surface area contributed by atoms with Crippen LogP contribution in [0.25, 0.3) is 0 Å². The summed E-state index contributed by atoms with van der Waals surface area (Å²) in [5.41, 5.74) is 0.517. The van der Waals surface area contributed by atoms with Crippen LogP contribution in [0.15, 0.2) is 24.3 Å². The number of carbonyl (C=O) groups is 2. The van der Waals surface area contributed by atoms with Gasteiger partial charge in [-0.25, -0.2) is 12.7 Å². The number of rotatable bonds is 7. The quantitative estimate of drug-likeness (QED) is 0.745. The van der Waals surface area contributed by atoms with E-state index in [1.54, 1.807) is 12.1 Å². The lowest BCUT2D eigenvalue weighted by molar-refractivity contribution is -0.116. The maximum atomic E-state index is 12.1. The summed E-state index contributed by atoms with van der Waals surface area (Å²) in [4.78, 5) is 23.9. The highest BCUT2D eigenvalue weighted by atomic mass is 32.2. The number of hydrogen-bond donors (Lipinski definition) is 1. The van der Waals surface area contributed by atoms with Crippen molar-refractivity contribution < 1.29 is 22.7 Å². The lowest BCUT2D eigenvalue weighted by Gasteiger charge is -2.15. The molecule has 0 atom stereocenters. The van der Waals surface area contributed by atoms with Gasteiger partial charge in [0.1, 0.15) is 0 Å². The molecule has 2 amide bonds. The summed E-state index contributed by atoms with van der Waals surface area (Å²) in [7, 11) is -3.62. The summed E-state index contributed by atoms with van der Waals surface area (Å²) in [5, 5.41) is 2.74. The molecule has 1 heterocycles. The van der Waals surface area contributed by atoms with Crippen LogP contribution in [0.1, 0.15) is 30.1 Å². The van der Waals surface area contributed by atoms with Gasteiger partial charge in [0.15, 0.2) is 0 Å². The number of anilines is 1. The van der Waals surface area contributed by atoms with Crippen molar-refractivity contribution >= 4 is 27.5 Å². The van der Waals surface area contributed by atoms with Gasteiger partial charge in [-0.15, -0.1) is 0 Å². The molecule has 0 bridgehead atoms. The van der Waals surface area contributed by atoms with E-state index in [4.69, 9.17) is 4.74 Å². The first-order valence-electron chi connectivity index (χ1n) is 7.47. The van der Waals surface area contributed by atoms with Crippen molar-refractivity contribution in [2.24, 2.45) is 0 Å². The lowest BCUT2D eigenvalue weighted by Crippen LogP contribution is -2.30. The molecule has 2 rings (SSSR count). The van der Waals surface area contributed by atoms with Crippen LogP contribution in [-0.4, -0.2) is 45.7 Å². The SMILES string of the molecule is CCOCCCNC(=O)c1cccc(N2C(=O)CCS2(=O)=O)c1. The molecule has 23 heavy (non-hydrogen) atoms. The predicted molar refractivity (Wildman–Crippen MR) is 85.8 cm³/mol. The number of benzene rings is 1. The first-order valence-corrected chi connectivity index (χ1v) is 9.08. The third-order valence-corrected chi connectivity index (χ3v) is 5.07. The van der Waals surface area contributed by atoms with Crippen LogP contribution < -0.4 is 9.62 Å². The van der Waals surface area contributed by atoms with Gasteiger partial charge in [-0.1, -0.05) is 6.07 Å². The second-order valence-electron chi connectivity index (χ2n) is 5.08. The van der Waals surface area contributed by atoms with Crippen molar-refractivity contribution in [2.75, 3.05) is 29.8 Å². The topological polar surface area (TPSA) is 92.8 Å². The van der Waals surface area contributed by atoms with Gasteiger partial charge in [-0.05, 0) is 31.5 Å². The van der Waals surface area contributed by atoms with Crippen LogP contribution in [0.3, 0.4) is 0 Å². The van der Waals surface area contributed by atoms with Crippen molar-refractivity contribution in [1.29, 1.82) is 0 Å². The van der Waals surface area contributed by atoms with Gasteiger partial charge in [-0.2, -0.15) is 0 Å². The van der Waals surface area contributed by atoms with Crippen LogP contribution in [0.2, 0.25) is 0 Å². The van der Waals surface area contributed by atoms with E-state index in [9.17, 15) is 18.0 Å². The van der Waals surface area contributed by atoms with Crippen LogP contribution >= 0.6 is 0 Å². The fourth-order valence-electron chi connectivity index (χ4n) is 2.26. The molecule has 7 nitrogen and oxygen atoms in total. The molecular weight excluding hydrogens is 320 g/mol. The Balaban J connectivity index is 2.05. The molecule has 0 spiro atoms. The average molecular weight is 340 g/mol. The van der Waals surface area contributed by atoms with E-state index >= 15 is 0 Å². The molecule has 0 unspecified atom stereocenters. The monoisotopic (exact) mass is 340 g/mol. The summed E-state index contributed by atoms with van der Waals surface area (Å²) in [5.74, 6) is -0.980. The number of sulfonamides is 1.